The lowest BCUT2D eigenvalue weighted by Gasteiger charge is -2.33. The number of carbonyl (C=O) groups is 1. The molecule has 19 heavy (non-hydrogen) atoms. The monoisotopic (exact) mass is 280 g/mol. The van der Waals surface area contributed by atoms with Crippen LogP contribution in [0.2, 0.25) is 0 Å². The van der Waals surface area contributed by atoms with Crippen LogP contribution in [0.15, 0.2) is 11.4 Å². The molecule has 1 aromatic heterocycles. The summed E-state index contributed by atoms with van der Waals surface area (Å²) in [6.07, 6.45) is 5.79. The molecule has 0 spiro atoms. The molecule has 1 aliphatic rings. The number of thiophene rings is 1. The van der Waals surface area contributed by atoms with Crippen molar-refractivity contribution < 1.29 is 9.53 Å². The van der Waals surface area contributed by atoms with E-state index in [4.69, 9.17) is 4.74 Å². The summed E-state index contributed by atoms with van der Waals surface area (Å²) in [5.41, 5.74) is 0.719. The number of carbonyl (C=O) groups excluding carboxylic acids is 1. The second-order valence-electron chi connectivity index (χ2n) is 5.22. The van der Waals surface area contributed by atoms with Crippen LogP contribution in [-0.4, -0.2) is 18.7 Å². The van der Waals surface area contributed by atoms with Gasteiger partial charge < -0.3 is 9.64 Å². The van der Waals surface area contributed by atoms with Crippen molar-refractivity contribution in [2.45, 2.75) is 46.1 Å². The lowest BCUT2D eigenvalue weighted by Crippen LogP contribution is -2.39. The highest BCUT2D eigenvalue weighted by molar-refractivity contribution is 7.14. The SMILES string of the molecule is CC[CH]C(C)CCC(C)N1COC(=O)c2ccsc21. The molecule has 105 valence electrons. The van der Waals surface area contributed by atoms with Gasteiger partial charge in [-0.25, -0.2) is 4.79 Å². The Balaban J connectivity index is 1.96. The Morgan fingerprint density at radius 3 is 3.00 bits per heavy atom. The molecule has 1 radical (unpaired) electrons. The molecule has 2 heterocycles. The molecule has 1 aromatic rings. The lowest BCUT2D eigenvalue weighted by molar-refractivity contribution is 0.0473. The van der Waals surface area contributed by atoms with Crippen LogP contribution in [-0.2, 0) is 4.74 Å². The zero-order valence-corrected chi connectivity index (χ0v) is 12.7. The highest BCUT2D eigenvalue weighted by Gasteiger charge is 2.28. The number of rotatable bonds is 6. The van der Waals surface area contributed by atoms with Crippen molar-refractivity contribution in [2.24, 2.45) is 5.92 Å². The molecule has 0 N–H and O–H groups in total. The van der Waals surface area contributed by atoms with E-state index in [0.717, 1.165) is 23.4 Å². The summed E-state index contributed by atoms with van der Waals surface area (Å²) in [4.78, 5) is 13.8. The highest BCUT2D eigenvalue weighted by Crippen LogP contribution is 2.34. The van der Waals surface area contributed by atoms with E-state index in [-0.39, 0.29) is 5.97 Å². The van der Waals surface area contributed by atoms with Gasteiger partial charge in [-0.05, 0) is 43.6 Å². The van der Waals surface area contributed by atoms with Crippen molar-refractivity contribution in [3.05, 3.63) is 23.4 Å². The maximum Gasteiger partial charge on any atom is 0.342 e. The number of cyclic esters (lactones) is 1. The zero-order valence-electron chi connectivity index (χ0n) is 11.9. The molecule has 0 aromatic carbocycles. The van der Waals surface area contributed by atoms with E-state index in [1.54, 1.807) is 11.3 Å². The molecule has 0 saturated carbocycles. The standard InChI is InChI=1S/C15H22NO2S/c1-4-5-11(2)6-7-12(3)16-10-18-15(17)13-8-9-19-14(13)16/h5,8-9,11-12H,4,6-7,10H2,1-3H3. The van der Waals surface area contributed by atoms with E-state index < -0.39 is 0 Å². The van der Waals surface area contributed by atoms with Crippen molar-refractivity contribution in [1.82, 2.24) is 0 Å². The minimum Gasteiger partial charge on any atom is -0.441 e. The van der Waals surface area contributed by atoms with E-state index >= 15 is 0 Å². The third-order valence-electron chi connectivity index (χ3n) is 3.67. The van der Waals surface area contributed by atoms with Gasteiger partial charge in [-0.1, -0.05) is 20.3 Å². The van der Waals surface area contributed by atoms with Gasteiger partial charge in [0.15, 0.2) is 6.73 Å². The van der Waals surface area contributed by atoms with Gasteiger partial charge in [-0.15, -0.1) is 11.3 Å². The van der Waals surface area contributed by atoms with Crippen molar-refractivity contribution >= 4 is 22.3 Å². The smallest absolute Gasteiger partial charge is 0.342 e. The van der Waals surface area contributed by atoms with Crippen LogP contribution in [0, 0.1) is 12.3 Å². The minimum atomic E-state index is -0.188. The molecule has 2 atom stereocenters. The molecule has 4 heteroatoms. The van der Waals surface area contributed by atoms with Gasteiger partial charge in [0, 0.05) is 6.04 Å². The van der Waals surface area contributed by atoms with Gasteiger partial charge in [0.2, 0.25) is 0 Å². The van der Waals surface area contributed by atoms with Crippen LogP contribution in [0.3, 0.4) is 0 Å². The van der Waals surface area contributed by atoms with Gasteiger partial charge in [0.25, 0.3) is 0 Å². The number of hydrogen-bond acceptors (Lipinski definition) is 4. The number of esters is 1. The maximum absolute atomic E-state index is 11.6. The molecule has 3 nitrogen and oxygen atoms in total. The summed E-state index contributed by atoms with van der Waals surface area (Å²) in [5.74, 6) is 0.468. The Bertz CT molecular complexity index is 430. The van der Waals surface area contributed by atoms with Crippen LogP contribution in [0.25, 0.3) is 0 Å². The largest absolute Gasteiger partial charge is 0.441 e. The normalized spacial score (nSPS) is 17.8. The average molecular weight is 280 g/mol. The predicted molar refractivity (Wildman–Crippen MR) is 79.5 cm³/mol. The molecule has 0 saturated heterocycles. The van der Waals surface area contributed by atoms with Gasteiger partial charge in [0.05, 0.1) is 5.56 Å². The molecule has 1 aliphatic heterocycles. The first-order chi connectivity index (χ1) is 9.13. The van der Waals surface area contributed by atoms with Gasteiger partial charge in [0.1, 0.15) is 5.00 Å². The van der Waals surface area contributed by atoms with Crippen molar-refractivity contribution in [3.8, 4) is 0 Å². The Morgan fingerprint density at radius 2 is 2.26 bits per heavy atom. The first kappa shape index (κ1) is 14.4. The summed E-state index contributed by atoms with van der Waals surface area (Å²) in [7, 11) is 0. The molecule has 0 fully saturated rings. The Labute approximate surface area is 119 Å². The highest BCUT2D eigenvalue weighted by atomic mass is 32.1. The number of ether oxygens (including phenoxy) is 1. The van der Waals surface area contributed by atoms with Gasteiger partial charge in [-0.3, -0.25) is 0 Å². The summed E-state index contributed by atoms with van der Waals surface area (Å²) in [6.45, 7) is 7.05. The van der Waals surface area contributed by atoms with Crippen LogP contribution in [0.4, 0.5) is 5.00 Å². The number of nitrogens with zero attached hydrogens (tertiary/aromatic N) is 1. The molecule has 2 unspecified atom stereocenters. The summed E-state index contributed by atoms with van der Waals surface area (Å²) < 4.78 is 5.24. The summed E-state index contributed by atoms with van der Waals surface area (Å²) >= 11 is 1.63. The van der Waals surface area contributed by atoms with Crippen molar-refractivity contribution in [3.63, 3.8) is 0 Å². The minimum absolute atomic E-state index is 0.188. The molecular formula is C15H22NO2S. The van der Waals surface area contributed by atoms with Crippen molar-refractivity contribution in [2.75, 3.05) is 11.6 Å². The number of anilines is 1. The predicted octanol–water partition coefficient (Wildman–Crippen LogP) is 4.10. The van der Waals surface area contributed by atoms with Crippen molar-refractivity contribution in [1.29, 1.82) is 0 Å². The Morgan fingerprint density at radius 1 is 1.47 bits per heavy atom. The van der Waals surface area contributed by atoms with E-state index in [1.165, 1.54) is 6.42 Å². The van der Waals surface area contributed by atoms with Crippen LogP contribution < -0.4 is 4.90 Å². The molecule has 0 bridgehead atoms. The quantitative estimate of drug-likeness (QED) is 0.735. The fourth-order valence-corrected chi connectivity index (χ4v) is 3.43. The number of hydrogen-bond donors (Lipinski definition) is 0. The van der Waals surface area contributed by atoms with Crippen LogP contribution >= 0.6 is 11.3 Å². The molecule has 0 amide bonds. The second-order valence-corrected chi connectivity index (χ2v) is 6.11. The Hall–Kier alpha value is -1.03. The number of fused-ring (bicyclic) bond motifs is 1. The summed E-state index contributed by atoms with van der Waals surface area (Å²) in [5, 5.41) is 3.03. The average Bonchev–Trinajstić information content (AvgIpc) is 2.87. The van der Waals surface area contributed by atoms with Crippen LogP contribution in [0.5, 0.6) is 0 Å². The van der Waals surface area contributed by atoms with Gasteiger partial charge >= 0.3 is 5.97 Å². The van der Waals surface area contributed by atoms with E-state index in [9.17, 15) is 4.79 Å². The van der Waals surface area contributed by atoms with E-state index in [1.807, 2.05) is 11.4 Å². The van der Waals surface area contributed by atoms with Gasteiger partial charge in [-0.2, -0.15) is 0 Å². The molecule has 0 aliphatic carbocycles. The van der Waals surface area contributed by atoms with E-state index in [0.29, 0.717) is 18.7 Å². The summed E-state index contributed by atoms with van der Waals surface area (Å²) in [6, 6.07) is 2.26. The lowest BCUT2D eigenvalue weighted by atomic mass is 9.97. The first-order valence-electron chi connectivity index (χ1n) is 6.98. The zero-order chi connectivity index (χ0) is 13.8. The third-order valence-corrected chi connectivity index (χ3v) is 4.62. The molecular weight excluding hydrogens is 258 g/mol. The van der Waals surface area contributed by atoms with Crippen LogP contribution in [0.1, 0.15) is 50.4 Å². The fraction of sp³-hybridized carbons (Fsp3) is 0.600. The Kier molecular flexibility index (Phi) is 4.86. The molecule has 2 rings (SSSR count). The maximum atomic E-state index is 11.6. The third kappa shape index (κ3) is 3.30. The second kappa shape index (κ2) is 6.42. The first-order valence-corrected chi connectivity index (χ1v) is 7.86. The topological polar surface area (TPSA) is 29.5 Å². The fourth-order valence-electron chi connectivity index (χ4n) is 2.45. The van der Waals surface area contributed by atoms with E-state index in [2.05, 4.69) is 32.1 Å².